The Labute approximate surface area is 110 Å². The molecular weight excluding hydrogens is 220 g/mol. The van der Waals surface area contributed by atoms with Crippen LogP contribution < -0.4 is 5.32 Å². The van der Waals surface area contributed by atoms with Crippen LogP contribution in [0.4, 0.5) is 0 Å². The summed E-state index contributed by atoms with van der Waals surface area (Å²) >= 11 is 0. The van der Waals surface area contributed by atoms with Crippen molar-refractivity contribution in [3.63, 3.8) is 0 Å². The Hall–Kier alpha value is -0.860. The SMILES string of the molecule is CC1CN(C2CCc3ccccc3C2)C(C)CN1. The molecule has 1 aromatic rings. The fourth-order valence-electron chi connectivity index (χ4n) is 3.52. The van der Waals surface area contributed by atoms with Crippen LogP contribution >= 0.6 is 0 Å². The van der Waals surface area contributed by atoms with Crippen LogP contribution in [-0.2, 0) is 12.8 Å². The minimum Gasteiger partial charge on any atom is -0.311 e. The largest absolute Gasteiger partial charge is 0.311 e. The van der Waals surface area contributed by atoms with E-state index in [2.05, 4.69) is 48.3 Å². The summed E-state index contributed by atoms with van der Waals surface area (Å²) in [4.78, 5) is 2.73. The van der Waals surface area contributed by atoms with Gasteiger partial charge in [0.1, 0.15) is 0 Å². The topological polar surface area (TPSA) is 15.3 Å². The van der Waals surface area contributed by atoms with Gasteiger partial charge in [-0.15, -0.1) is 0 Å². The van der Waals surface area contributed by atoms with Crippen LogP contribution in [0.3, 0.4) is 0 Å². The average Bonchev–Trinajstić information content (AvgIpc) is 2.41. The molecule has 1 aromatic carbocycles. The van der Waals surface area contributed by atoms with Gasteiger partial charge in [-0.1, -0.05) is 24.3 Å². The summed E-state index contributed by atoms with van der Waals surface area (Å²) in [6.45, 7) is 7.00. The minimum absolute atomic E-state index is 0.637. The average molecular weight is 244 g/mol. The highest BCUT2D eigenvalue weighted by atomic mass is 15.2. The standard InChI is InChI=1S/C16H24N2/c1-12-11-18(13(2)10-17-12)16-8-7-14-5-3-4-6-15(14)9-16/h3-6,12-13,16-17H,7-11H2,1-2H3. The molecule has 98 valence electrons. The maximum Gasteiger partial charge on any atom is 0.0196 e. The molecule has 1 saturated heterocycles. The van der Waals surface area contributed by atoms with E-state index in [-0.39, 0.29) is 0 Å². The smallest absolute Gasteiger partial charge is 0.0196 e. The lowest BCUT2D eigenvalue weighted by molar-refractivity contribution is 0.0868. The monoisotopic (exact) mass is 244 g/mol. The fourth-order valence-corrected chi connectivity index (χ4v) is 3.52. The van der Waals surface area contributed by atoms with Crippen LogP contribution in [0.2, 0.25) is 0 Å². The molecule has 0 bridgehead atoms. The molecule has 3 unspecified atom stereocenters. The Morgan fingerprint density at radius 3 is 2.78 bits per heavy atom. The first kappa shape index (κ1) is 12.2. The molecule has 2 nitrogen and oxygen atoms in total. The summed E-state index contributed by atoms with van der Waals surface area (Å²) in [6, 6.07) is 11.0. The van der Waals surface area contributed by atoms with Gasteiger partial charge in [0, 0.05) is 31.2 Å². The van der Waals surface area contributed by atoms with Gasteiger partial charge in [-0.05, 0) is 44.2 Å². The lowest BCUT2D eigenvalue weighted by atomic mass is 9.86. The molecule has 1 aliphatic heterocycles. The van der Waals surface area contributed by atoms with Gasteiger partial charge in [-0.25, -0.2) is 0 Å². The number of benzene rings is 1. The summed E-state index contributed by atoms with van der Waals surface area (Å²) in [6.07, 6.45) is 3.83. The van der Waals surface area contributed by atoms with Gasteiger partial charge in [0.15, 0.2) is 0 Å². The van der Waals surface area contributed by atoms with Crippen molar-refractivity contribution >= 4 is 0 Å². The second-order valence-corrected chi connectivity index (χ2v) is 6.02. The summed E-state index contributed by atoms with van der Waals surface area (Å²) < 4.78 is 0. The first-order valence-corrected chi connectivity index (χ1v) is 7.30. The number of aryl methyl sites for hydroxylation is 1. The number of hydrogen-bond acceptors (Lipinski definition) is 2. The third kappa shape index (κ3) is 2.32. The van der Waals surface area contributed by atoms with Crippen molar-refractivity contribution in [1.82, 2.24) is 10.2 Å². The van der Waals surface area contributed by atoms with E-state index in [9.17, 15) is 0 Å². The summed E-state index contributed by atoms with van der Waals surface area (Å²) in [5.74, 6) is 0. The zero-order valence-electron chi connectivity index (χ0n) is 11.5. The van der Waals surface area contributed by atoms with Crippen LogP contribution in [0.1, 0.15) is 31.4 Å². The van der Waals surface area contributed by atoms with Crippen LogP contribution in [0.5, 0.6) is 0 Å². The normalized spacial score (nSPS) is 33.1. The molecule has 3 atom stereocenters. The Kier molecular flexibility index (Phi) is 3.40. The zero-order valence-corrected chi connectivity index (χ0v) is 11.5. The van der Waals surface area contributed by atoms with E-state index in [1.165, 1.54) is 25.8 Å². The van der Waals surface area contributed by atoms with E-state index in [1.807, 2.05) is 0 Å². The lowest BCUT2D eigenvalue weighted by Crippen LogP contribution is -2.58. The van der Waals surface area contributed by atoms with Crippen molar-refractivity contribution in [2.75, 3.05) is 13.1 Å². The number of nitrogens with one attached hydrogen (secondary N) is 1. The summed E-state index contributed by atoms with van der Waals surface area (Å²) in [7, 11) is 0. The molecule has 0 saturated carbocycles. The number of hydrogen-bond donors (Lipinski definition) is 1. The Morgan fingerprint density at radius 1 is 1.17 bits per heavy atom. The summed E-state index contributed by atoms with van der Waals surface area (Å²) in [5.41, 5.74) is 3.15. The third-order valence-corrected chi connectivity index (χ3v) is 4.60. The fraction of sp³-hybridized carbons (Fsp3) is 0.625. The number of nitrogens with zero attached hydrogens (tertiary/aromatic N) is 1. The van der Waals surface area contributed by atoms with Crippen molar-refractivity contribution in [3.05, 3.63) is 35.4 Å². The molecule has 0 aromatic heterocycles. The van der Waals surface area contributed by atoms with Crippen LogP contribution in [0.15, 0.2) is 24.3 Å². The predicted molar refractivity (Wildman–Crippen MR) is 75.9 cm³/mol. The first-order valence-electron chi connectivity index (χ1n) is 7.30. The van der Waals surface area contributed by atoms with E-state index in [0.29, 0.717) is 12.1 Å². The Morgan fingerprint density at radius 2 is 1.94 bits per heavy atom. The molecule has 3 rings (SSSR count). The van der Waals surface area contributed by atoms with Gasteiger partial charge >= 0.3 is 0 Å². The molecule has 18 heavy (non-hydrogen) atoms. The molecule has 1 N–H and O–H groups in total. The molecule has 1 heterocycles. The highest BCUT2D eigenvalue weighted by Crippen LogP contribution is 2.26. The number of rotatable bonds is 1. The molecule has 2 heteroatoms. The van der Waals surface area contributed by atoms with Gasteiger partial charge < -0.3 is 5.32 Å². The third-order valence-electron chi connectivity index (χ3n) is 4.60. The Balaban J connectivity index is 1.75. The number of piperazine rings is 1. The van der Waals surface area contributed by atoms with Crippen LogP contribution in [-0.4, -0.2) is 36.1 Å². The molecule has 0 amide bonds. The van der Waals surface area contributed by atoms with E-state index in [4.69, 9.17) is 0 Å². The van der Waals surface area contributed by atoms with Gasteiger partial charge in [-0.2, -0.15) is 0 Å². The van der Waals surface area contributed by atoms with Crippen molar-refractivity contribution < 1.29 is 0 Å². The molecule has 1 fully saturated rings. The van der Waals surface area contributed by atoms with E-state index >= 15 is 0 Å². The van der Waals surface area contributed by atoms with Gasteiger partial charge in [0.2, 0.25) is 0 Å². The molecule has 1 aliphatic carbocycles. The molecule has 0 radical (unpaired) electrons. The lowest BCUT2D eigenvalue weighted by Gasteiger charge is -2.44. The number of fused-ring (bicyclic) bond motifs is 1. The van der Waals surface area contributed by atoms with Crippen LogP contribution in [0.25, 0.3) is 0 Å². The van der Waals surface area contributed by atoms with E-state index < -0.39 is 0 Å². The first-order chi connectivity index (χ1) is 8.74. The predicted octanol–water partition coefficient (Wildman–Crippen LogP) is 2.23. The van der Waals surface area contributed by atoms with Crippen molar-refractivity contribution in [2.45, 2.75) is 51.2 Å². The van der Waals surface area contributed by atoms with Gasteiger partial charge in [0.25, 0.3) is 0 Å². The van der Waals surface area contributed by atoms with E-state index in [1.54, 1.807) is 11.1 Å². The highest BCUT2D eigenvalue weighted by molar-refractivity contribution is 5.30. The van der Waals surface area contributed by atoms with Crippen LogP contribution in [0, 0.1) is 0 Å². The van der Waals surface area contributed by atoms with Gasteiger partial charge in [0.05, 0.1) is 0 Å². The second kappa shape index (κ2) is 5.02. The molecular formula is C16H24N2. The maximum absolute atomic E-state index is 3.58. The molecule has 2 aliphatic rings. The quantitative estimate of drug-likeness (QED) is 0.815. The van der Waals surface area contributed by atoms with Crippen molar-refractivity contribution in [3.8, 4) is 0 Å². The highest BCUT2D eigenvalue weighted by Gasteiger charge is 2.30. The van der Waals surface area contributed by atoms with Gasteiger partial charge in [-0.3, -0.25) is 4.90 Å². The second-order valence-electron chi connectivity index (χ2n) is 6.02. The molecule has 0 spiro atoms. The van der Waals surface area contributed by atoms with Crippen molar-refractivity contribution in [1.29, 1.82) is 0 Å². The summed E-state index contributed by atoms with van der Waals surface area (Å²) in [5, 5.41) is 3.58. The van der Waals surface area contributed by atoms with E-state index in [0.717, 1.165) is 12.6 Å². The minimum atomic E-state index is 0.637. The zero-order chi connectivity index (χ0) is 12.5. The van der Waals surface area contributed by atoms with Crippen molar-refractivity contribution in [2.24, 2.45) is 0 Å². The maximum atomic E-state index is 3.58. The Bertz CT molecular complexity index is 415.